The third-order valence-corrected chi connectivity index (χ3v) is 3.69. The second-order valence-electron chi connectivity index (χ2n) is 5.85. The van der Waals surface area contributed by atoms with Crippen molar-refractivity contribution >= 4 is 5.97 Å². The third-order valence-electron chi connectivity index (χ3n) is 3.69. The average Bonchev–Trinajstić information content (AvgIpc) is 2.45. The fraction of sp³-hybridized carbons (Fsp3) is 0.833. The Balaban J connectivity index is 3.26. The SMILES string of the molecule is CCCCCC[C@@H](F)C/C=C\CCCCCCCC(=O)O. The Morgan fingerprint density at radius 3 is 2.38 bits per heavy atom. The number of carboxylic acid groups (broad SMARTS) is 1. The molecular formula is C18H33FO2. The number of aliphatic carboxylic acids is 1. The second kappa shape index (κ2) is 15.5. The minimum absolute atomic E-state index is 0.288. The van der Waals surface area contributed by atoms with Crippen molar-refractivity contribution < 1.29 is 14.3 Å². The van der Waals surface area contributed by atoms with Gasteiger partial charge in [0.2, 0.25) is 0 Å². The van der Waals surface area contributed by atoms with E-state index in [0.717, 1.165) is 51.4 Å². The Morgan fingerprint density at radius 1 is 1.00 bits per heavy atom. The predicted octanol–water partition coefficient (Wildman–Crippen LogP) is 6.06. The van der Waals surface area contributed by atoms with Crippen LogP contribution in [0.4, 0.5) is 4.39 Å². The van der Waals surface area contributed by atoms with Crippen LogP contribution in [0.1, 0.15) is 90.4 Å². The summed E-state index contributed by atoms with van der Waals surface area (Å²) in [6, 6.07) is 0. The molecule has 0 aromatic rings. The van der Waals surface area contributed by atoms with E-state index in [0.29, 0.717) is 12.8 Å². The number of hydrogen-bond acceptors (Lipinski definition) is 1. The number of carbonyl (C=O) groups is 1. The molecule has 21 heavy (non-hydrogen) atoms. The number of carboxylic acids is 1. The summed E-state index contributed by atoms with van der Waals surface area (Å²) in [6.45, 7) is 2.17. The van der Waals surface area contributed by atoms with Crippen molar-refractivity contribution in [3.05, 3.63) is 12.2 Å². The van der Waals surface area contributed by atoms with Gasteiger partial charge in [0.1, 0.15) is 6.17 Å². The van der Waals surface area contributed by atoms with E-state index < -0.39 is 12.1 Å². The van der Waals surface area contributed by atoms with Gasteiger partial charge in [0.05, 0.1) is 0 Å². The van der Waals surface area contributed by atoms with Gasteiger partial charge in [0, 0.05) is 6.42 Å². The summed E-state index contributed by atoms with van der Waals surface area (Å²) in [7, 11) is 0. The van der Waals surface area contributed by atoms with Crippen LogP contribution < -0.4 is 0 Å². The van der Waals surface area contributed by atoms with Crippen LogP contribution in [0.2, 0.25) is 0 Å². The standard InChI is InChI=1S/C18H33FO2/c1-2-3-4-11-14-17(19)15-12-9-7-5-6-8-10-13-16-18(20)21/h9,12,17H,2-8,10-11,13-16H2,1H3,(H,20,21)/b12-9-/t17-/m1/s1. The first-order valence-corrected chi connectivity index (χ1v) is 8.67. The van der Waals surface area contributed by atoms with Crippen molar-refractivity contribution in [1.82, 2.24) is 0 Å². The van der Waals surface area contributed by atoms with Gasteiger partial charge in [-0.25, -0.2) is 4.39 Å². The molecule has 0 aliphatic rings. The lowest BCUT2D eigenvalue weighted by molar-refractivity contribution is -0.137. The molecule has 0 spiro atoms. The van der Waals surface area contributed by atoms with Crippen LogP contribution in [0.25, 0.3) is 0 Å². The highest BCUT2D eigenvalue weighted by Crippen LogP contribution is 2.12. The third kappa shape index (κ3) is 17.1. The zero-order chi connectivity index (χ0) is 15.8. The van der Waals surface area contributed by atoms with Gasteiger partial charge in [-0.05, 0) is 32.1 Å². The van der Waals surface area contributed by atoms with Crippen LogP contribution >= 0.6 is 0 Å². The summed E-state index contributed by atoms with van der Waals surface area (Å²) in [5, 5.41) is 8.50. The quantitative estimate of drug-likeness (QED) is 0.295. The minimum Gasteiger partial charge on any atom is -0.481 e. The number of hydrogen-bond donors (Lipinski definition) is 1. The Labute approximate surface area is 129 Å². The largest absolute Gasteiger partial charge is 0.481 e. The highest BCUT2D eigenvalue weighted by atomic mass is 19.1. The molecule has 0 radical (unpaired) electrons. The molecule has 1 N–H and O–H groups in total. The number of unbranched alkanes of at least 4 members (excludes halogenated alkanes) is 8. The topological polar surface area (TPSA) is 37.3 Å². The molecule has 0 bridgehead atoms. The Hall–Kier alpha value is -0.860. The Bertz CT molecular complexity index is 264. The van der Waals surface area contributed by atoms with Crippen LogP contribution in [0.15, 0.2) is 12.2 Å². The normalized spacial score (nSPS) is 12.9. The van der Waals surface area contributed by atoms with Crippen molar-refractivity contribution in [1.29, 1.82) is 0 Å². The first kappa shape index (κ1) is 20.1. The van der Waals surface area contributed by atoms with E-state index in [1.807, 2.05) is 6.08 Å². The van der Waals surface area contributed by atoms with Gasteiger partial charge in [-0.2, -0.15) is 0 Å². The molecule has 0 aliphatic carbocycles. The first-order chi connectivity index (χ1) is 10.2. The molecule has 0 aromatic heterocycles. The lowest BCUT2D eigenvalue weighted by Gasteiger charge is -2.04. The predicted molar refractivity (Wildman–Crippen MR) is 87.4 cm³/mol. The zero-order valence-electron chi connectivity index (χ0n) is 13.7. The van der Waals surface area contributed by atoms with Crippen LogP contribution in [-0.4, -0.2) is 17.2 Å². The maximum absolute atomic E-state index is 13.5. The summed E-state index contributed by atoms with van der Waals surface area (Å²) >= 11 is 0. The molecule has 0 rings (SSSR count). The molecule has 0 aliphatic heterocycles. The van der Waals surface area contributed by atoms with E-state index in [9.17, 15) is 9.18 Å². The monoisotopic (exact) mass is 300 g/mol. The molecule has 0 fully saturated rings. The lowest BCUT2D eigenvalue weighted by Crippen LogP contribution is -1.97. The van der Waals surface area contributed by atoms with Crippen molar-refractivity contribution in [2.24, 2.45) is 0 Å². The zero-order valence-corrected chi connectivity index (χ0v) is 13.7. The fourth-order valence-electron chi connectivity index (χ4n) is 2.34. The van der Waals surface area contributed by atoms with Gasteiger partial charge in [0.15, 0.2) is 0 Å². The van der Waals surface area contributed by atoms with Gasteiger partial charge in [-0.1, -0.05) is 64.0 Å². The summed E-state index contributed by atoms with van der Waals surface area (Å²) in [6.07, 6.45) is 15.7. The first-order valence-electron chi connectivity index (χ1n) is 8.67. The fourth-order valence-corrected chi connectivity index (χ4v) is 2.34. The van der Waals surface area contributed by atoms with Crippen molar-refractivity contribution in [3.63, 3.8) is 0 Å². The summed E-state index contributed by atoms with van der Waals surface area (Å²) < 4.78 is 13.5. The van der Waals surface area contributed by atoms with E-state index in [1.54, 1.807) is 0 Å². The average molecular weight is 300 g/mol. The van der Waals surface area contributed by atoms with Gasteiger partial charge >= 0.3 is 5.97 Å². The van der Waals surface area contributed by atoms with E-state index >= 15 is 0 Å². The number of halogens is 1. The van der Waals surface area contributed by atoms with Crippen LogP contribution in [0.3, 0.4) is 0 Å². The van der Waals surface area contributed by atoms with Gasteiger partial charge in [0.25, 0.3) is 0 Å². The molecular weight excluding hydrogens is 267 g/mol. The summed E-state index contributed by atoms with van der Waals surface area (Å²) in [5.74, 6) is -0.701. The van der Waals surface area contributed by atoms with E-state index in [1.165, 1.54) is 12.8 Å². The molecule has 0 saturated heterocycles. The Kier molecular flexibility index (Phi) is 14.9. The number of rotatable bonds is 15. The second-order valence-corrected chi connectivity index (χ2v) is 5.85. The van der Waals surface area contributed by atoms with Crippen molar-refractivity contribution in [2.45, 2.75) is 96.6 Å². The molecule has 1 atom stereocenters. The van der Waals surface area contributed by atoms with Crippen molar-refractivity contribution in [3.8, 4) is 0 Å². The highest BCUT2D eigenvalue weighted by Gasteiger charge is 2.02. The van der Waals surface area contributed by atoms with E-state index in [-0.39, 0.29) is 6.42 Å². The van der Waals surface area contributed by atoms with Crippen LogP contribution in [0.5, 0.6) is 0 Å². The molecule has 0 unspecified atom stereocenters. The van der Waals surface area contributed by atoms with E-state index in [2.05, 4.69) is 13.0 Å². The molecule has 0 heterocycles. The van der Waals surface area contributed by atoms with E-state index in [4.69, 9.17) is 5.11 Å². The smallest absolute Gasteiger partial charge is 0.303 e. The van der Waals surface area contributed by atoms with Crippen LogP contribution in [0, 0.1) is 0 Å². The maximum atomic E-state index is 13.5. The molecule has 124 valence electrons. The molecule has 0 aromatic carbocycles. The minimum atomic E-state index is -0.701. The summed E-state index contributed by atoms with van der Waals surface area (Å²) in [5.41, 5.74) is 0. The number of allylic oxidation sites excluding steroid dienone is 2. The molecule has 0 saturated carbocycles. The van der Waals surface area contributed by atoms with Crippen molar-refractivity contribution in [2.75, 3.05) is 0 Å². The van der Waals surface area contributed by atoms with Crippen LogP contribution in [-0.2, 0) is 4.79 Å². The molecule has 2 nitrogen and oxygen atoms in total. The lowest BCUT2D eigenvalue weighted by atomic mass is 10.1. The van der Waals surface area contributed by atoms with Gasteiger partial charge in [-0.15, -0.1) is 0 Å². The Morgan fingerprint density at radius 2 is 1.67 bits per heavy atom. The van der Waals surface area contributed by atoms with Gasteiger partial charge < -0.3 is 5.11 Å². The maximum Gasteiger partial charge on any atom is 0.303 e. The summed E-state index contributed by atoms with van der Waals surface area (Å²) in [4.78, 5) is 10.3. The number of alkyl halides is 1. The molecule has 3 heteroatoms. The van der Waals surface area contributed by atoms with Gasteiger partial charge in [-0.3, -0.25) is 4.79 Å². The highest BCUT2D eigenvalue weighted by molar-refractivity contribution is 5.66. The molecule has 0 amide bonds.